The van der Waals surface area contributed by atoms with Gasteiger partial charge in [-0.05, 0) is 67.6 Å². The molecule has 5 nitrogen and oxygen atoms in total. The van der Waals surface area contributed by atoms with Gasteiger partial charge in [0, 0.05) is 23.7 Å². The first-order valence-electron chi connectivity index (χ1n) is 12.5. The Morgan fingerprint density at radius 2 is 1.97 bits per heavy atom. The number of rotatable bonds is 6. The highest BCUT2D eigenvalue weighted by molar-refractivity contribution is 6.23. The predicted octanol–water partition coefficient (Wildman–Crippen LogP) is 4.74. The number of hydrogen-bond acceptors (Lipinski definition) is 5. The number of unbranched alkanes of at least 4 members (excludes halogenated alkanes) is 1. The van der Waals surface area contributed by atoms with Crippen LogP contribution in [0.3, 0.4) is 0 Å². The smallest absolute Gasteiger partial charge is 0.306 e. The summed E-state index contributed by atoms with van der Waals surface area (Å²) in [6.45, 7) is 7.39. The Morgan fingerprint density at radius 3 is 2.65 bits per heavy atom. The van der Waals surface area contributed by atoms with E-state index in [1.807, 2.05) is 20.8 Å². The summed E-state index contributed by atoms with van der Waals surface area (Å²) in [5, 5.41) is 10.9. The fourth-order valence-corrected chi connectivity index (χ4v) is 8.37. The fourth-order valence-electron chi connectivity index (χ4n) is 7.89. The number of ether oxygens (including phenoxy) is 1. The zero-order valence-electron chi connectivity index (χ0n) is 20.5. The Balaban J connectivity index is 1.63. The molecule has 0 bridgehead atoms. The molecular formula is C27H36ClFO5. The second-order valence-corrected chi connectivity index (χ2v) is 11.9. The molecule has 0 aromatic rings. The molecule has 0 heterocycles. The first-order chi connectivity index (χ1) is 15.9. The van der Waals surface area contributed by atoms with Crippen molar-refractivity contribution in [3.63, 3.8) is 0 Å². The highest BCUT2D eigenvalue weighted by Crippen LogP contribution is 2.70. The van der Waals surface area contributed by atoms with E-state index in [0.29, 0.717) is 24.8 Å². The minimum absolute atomic E-state index is 0.0339. The van der Waals surface area contributed by atoms with Gasteiger partial charge in [0.1, 0.15) is 6.61 Å². The highest BCUT2D eigenvalue weighted by atomic mass is 35.5. The van der Waals surface area contributed by atoms with E-state index in [0.717, 1.165) is 6.42 Å². The van der Waals surface area contributed by atoms with Crippen LogP contribution in [-0.2, 0) is 19.1 Å². The zero-order chi connectivity index (χ0) is 25.1. The monoisotopic (exact) mass is 494 g/mol. The van der Waals surface area contributed by atoms with Crippen molar-refractivity contribution in [3.8, 4) is 0 Å². The van der Waals surface area contributed by atoms with E-state index in [1.165, 1.54) is 12.2 Å². The standard InChI is InChI=1S/C27H36ClFO5/c1-5-6-7-23(33)34-14-21(31)24-15(2)10-17-18-12-20(28)19-11-16(30)8-9-26(19,4)27(18,29)22(32)13-25(17,24)3/h8-9,11,15,17-18,20,22,24,32H,5-7,10,12-14H2,1-4H3/t15-,17+,18+,20+,22+,24-,25+,26+,27+/m1/s1. The Kier molecular flexibility index (Phi) is 6.65. The summed E-state index contributed by atoms with van der Waals surface area (Å²) < 4.78 is 22.5. The van der Waals surface area contributed by atoms with Gasteiger partial charge in [0.15, 0.2) is 17.2 Å². The molecule has 0 aromatic heterocycles. The number of carbonyl (C=O) groups is 3. The lowest BCUT2D eigenvalue weighted by Crippen LogP contribution is -2.68. The molecule has 1 N–H and O–H groups in total. The SMILES string of the molecule is CCCCC(=O)OCC(=O)[C@H]1[C@H](C)C[C@H]2[C@@H]3C[C@H](Cl)C4=CC(=O)C=C[C@]4(C)[C@@]3(F)[C@@H](O)C[C@@]21C. The largest absolute Gasteiger partial charge is 0.458 e. The van der Waals surface area contributed by atoms with Crippen LogP contribution in [0.1, 0.15) is 66.2 Å². The van der Waals surface area contributed by atoms with Gasteiger partial charge in [-0.25, -0.2) is 4.39 Å². The predicted molar refractivity (Wildman–Crippen MR) is 127 cm³/mol. The number of allylic oxidation sites excluding steroid dienone is 4. The molecule has 188 valence electrons. The number of halogens is 2. The van der Waals surface area contributed by atoms with E-state index < -0.39 is 39.8 Å². The van der Waals surface area contributed by atoms with Gasteiger partial charge >= 0.3 is 5.97 Å². The van der Waals surface area contributed by atoms with Gasteiger partial charge in [-0.15, -0.1) is 11.6 Å². The van der Waals surface area contributed by atoms with Crippen LogP contribution >= 0.6 is 11.6 Å². The normalized spacial score (nSPS) is 45.1. The third kappa shape index (κ3) is 3.62. The zero-order valence-corrected chi connectivity index (χ0v) is 21.2. The summed E-state index contributed by atoms with van der Waals surface area (Å²) in [5.74, 6) is -1.94. The van der Waals surface area contributed by atoms with Gasteiger partial charge in [-0.2, -0.15) is 0 Å². The summed E-state index contributed by atoms with van der Waals surface area (Å²) >= 11 is 6.74. The first-order valence-corrected chi connectivity index (χ1v) is 13.0. The van der Waals surface area contributed by atoms with Crippen LogP contribution in [0.5, 0.6) is 0 Å². The summed E-state index contributed by atoms with van der Waals surface area (Å²) in [5.41, 5.74) is -3.28. The first kappa shape index (κ1) is 25.6. The maximum Gasteiger partial charge on any atom is 0.306 e. The number of ketones is 2. The number of carbonyl (C=O) groups excluding carboxylic acids is 3. The molecule has 4 aliphatic carbocycles. The Labute approximate surface area is 206 Å². The molecule has 0 aromatic carbocycles. The van der Waals surface area contributed by atoms with Crippen molar-refractivity contribution in [2.24, 2.45) is 34.5 Å². The Morgan fingerprint density at radius 1 is 1.26 bits per heavy atom. The van der Waals surface area contributed by atoms with Gasteiger partial charge in [0.2, 0.25) is 0 Å². The van der Waals surface area contributed by atoms with E-state index in [4.69, 9.17) is 16.3 Å². The molecule has 0 spiro atoms. The number of aliphatic hydroxyl groups excluding tert-OH is 1. The van der Waals surface area contributed by atoms with Crippen molar-refractivity contribution in [1.29, 1.82) is 0 Å². The molecule has 0 unspecified atom stereocenters. The number of fused-ring (bicyclic) bond motifs is 5. The van der Waals surface area contributed by atoms with Gasteiger partial charge in [-0.1, -0.05) is 33.3 Å². The van der Waals surface area contributed by atoms with Crippen LogP contribution < -0.4 is 0 Å². The van der Waals surface area contributed by atoms with Crippen LogP contribution in [0.4, 0.5) is 4.39 Å². The van der Waals surface area contributed by atoms with Crippen molar-refractivity contribution < 1.29 is 28.6 Å². The lowest BCUT2D eigenvalue weighted by molar-refractivity contribution is -0.195. The number of Topliss-reactive ketones (excluding diaryl/α,β-unsaturated/α-hetero) is 1. The van der Waals surface area contributed by atoms with Crippen LogP contribution in [0.2, 0.25) is 0 Å². The van der Waals surface area contributed by atoms with Crippen molar-refractivity contribution in [3.05, 3.63) is 23.8 Å². The van der Waals surface area contributed by atoms with E-state index >= 15 is 4.39 Å². The molecule has 7 heteroatoms. The summed E-state index contributed by atoms with van der Waals surface area (Å²) in [6.07, 6.45) is 6.00. The number of aliphatic hydroxyl groups is 1. The van der Waals surface area contributed by atoms with Gasteiger partial charge < -0.3 is 9.84 Å². The van der Waals surface area contributed by atoms with Crippen molar-refractivity contribution in [1.82, 2.24) is 0 Å². The lowest BCUT2D eigenvalue weighted by atomic mass is 9.45. The third-order valence-corrected chi connectivity index (χ3v) is 9.84. The Bertz CT molecular complexity index is 945. The molecule has 34 heavy (non-hydrogen) atoms. The van der Waals surface area contributed by atoms with E-state index in [1.54, 1.807) is 13.0 Å². The minimum Gasteiger partial charge on any atom is -0.458 e. The molecule has 0 aliphatic heterocycles. The number of esters is 1. The lowest BCUT2D eigenvalue weighted by Gasteiger charge is -2.62. The molecule has 4 rings (SSSR count). The van der Waals surface area contributed by atoms with E-state index in [9.17, 15) is 19.5 Å². The van der Waals surface area contributed by atoms with E-state index in [-0.39, 0.29) is 48.8 Å². The summed E-state index contributed by atoms with van der Waals surface area (Å²) in [7, 11) is 0. The van der Waals surface area contributed by atoms with Crippen LogP contribution in [-0.4, -0.2) is 46.4 Å². The minimum atomic E-state index is -1.99. The quantitative estimate of drug-likeness (QED) is 0.426. The van der Waals surface area contributed by atoms with Crippen molar-refractivity contribution in [2.75, 3.05) is 6.61 Å². The topological polar surface area (TPSA) is 80.7 Å². The molecule has 9 atom stereocenters. The molecule has 3 saturated carbocycles. The fraction of sp³-hybridized carbons (Fsp3) is 0.741. The average Bonchev–Trinajstić information content (AvgIpc) is 3.03. The molecule has 0 radical (unpaired) electrons. The number of hydrogen-bond donors (Lipinski definition) is 1. The van der Waals surface area contributed by atoms with Crippen molar-refractivity contribution >= 4 is 29.1 Å². The average molecular weight is 495 g/mol. The van der Waals surface area contributed by atoms with E-state index in [2.05, 4.69) is 0 Å². The molecule has 0 amide bonds. The Hall–Kier alpha value is -1.53. The summed E-state index contributed by atoms with van der Waals surface area (Å²) in [4.78, 5) is 37.3. The van der Waals surface area contributed by atoms with Crippen LogP contribution in [0.25, 0.3) is 0 Å². The highest BCUT2D eigenvalue weighted by Gasteiger charge is 2.72. The molecule has 0 saturated heterocycles. The van der Waals surface area contributed by atoms with Gasteiger partial charge in [-0.3, -0.25) is 14.4 Å². The molecular weight excluding hydrogens is 459 g/mol. The number of alkyl halides is 2. The maximum absolute atomic E-state index is 17.2. The van der Waals surface area contributed by atoms with Crippen LogP contribution in [0.15, 0.2) is 23.8 Å². The second-order valence-electron chi connectivity index (χ2n) is 11.4. The third-order valence-electron chi connectivity index (χ3n) is 9.43. The van der Waals surface area contributed by atoms with Gasteiger partial charge in [0.05, 0.1) is 11.5 Å². The second kappa shape index (κ2) is 8.85. The summed E-state index contributed by atoms with van der Waals surface area (Å²) in [6, 6.07) is 0. The van der Waals surface area contributed by atoms with Crippen molar-refractivity contribution in [2.45, 2.75) is 83.4 Å². The maximum atomic E-state index is 17.2. The van der Waals surface area contributed by atoms with Gasteiger partial charge in [0.25, 0.3) is 0 Å². The molecule has 4 aliphatic rings. The van der Waals surface area contributed by atoms with Crippen LogP contribution in [0, 0.1) is 34.5 Å². The molecule has 3 fully saturated rings.